The molecule has 0 spiro atoms. The summed E-state index contributed by atoms with van der Waals surface area (Å²) >= 11 is 0. The minimum atomic E-state index is -0.207. The lowest BCUT2D eigenvalue weighted by atomic mass is 10.1. The highest BCUT2D eigenvalue weighted by atomic mass is 16.5. The summed E-state index contributed by atoms with van der Waals surface area (Å²) in [6, 6.07) is 6.40. The average Bonchev–Trinajstić information content (AvgIpc) is 3.25. The monoisotopic (exact) mass is 342 g/mol. The van der Waals surface area contributed by atoms with Crippen molar-refractivity contribution in [1.82, 2.24) is 15.0 Å². The van der Waals surface area contributed by atoms with Gasteiger partial charge >= 0.3 is 0 Å². The molecule has 2 aliphatic heterocycles. The molecule has 134 valence electrons. The molecule has 2 saturated heterocycles. The lowest BCUT2D eigenvalue weighted by Gasteiger charge is -2.21. The van der Waals surface area contributed by atoms with E-state index in [2.05, 4.69) is 40.3 Å². The fourth-order valence-corrected chi connectivity index (χ4v) is 3.78. The van der Waals surface area contributed by atoms with E-state index >= 15 is 0 Å². The van der Waals surface area contributed by atoms with Gasteiger partial charge in [0.15, 0.2) is 0 Å². The molecule has 25 heavy (non-hydrogen) atoms. The molecule has 2 aromatic rings. The Morgan fingerprint density at radius 1 is 1.28 bits per heavy atom. The van der Waals surface area contributed by atoms with Gasteiger partial charge in [-0.3, -0.25) is 0 Å². The number of ether oxygens (including phenoxy) is 1. The minimum absolute atomic E-state index is 0.207. The molecule has 3 heterocycles. The van der Waals surface area contributed by atoms with E-state index in [4.69, 9.17) is 4.74 Å². The van der Waals surface area contributed by atoms with Crippen molar-refractivity contribution >= 4 is 5.69 Å². The summed E-state index contributed by atoms with van der Waals surface area (Å²) in [5.41, 5.74) is 4.36. The maximum atomic E-state index is 9.73. The normalized spacial score (nSPS) is 24.0. The van der Waals surface area contributed by atoms with E-state index in [-0.39, 0.29) is 12.2 Å². The van der Waals surface area contributed by atoms with Crippen LogP contribution in [0.1, 0.15) is 31.2 Å². The predicted molar refractivity (Wildman–Crippen MR) is 96.6 cm³/mol. The maximum Gasteiger partial charge on any atom is 0.113 e. The highest BCUT2D eigenvalue weighted by Gasteiger charge is 2.21. The maximum absolute atomic E-state index is 9.73. The third kappa shape index (κ3) is 3.70. The van der Waals surface area contributed by atoms with Crippen molar-refractivity contribution in [3.8, 4) is 11.3 Å². The number of β-amino-alcohol motifs (C(OH)–C–C–N with tert-alkyl or cyclic N) is 1. The number of nitrogens with zero attached hydrogens (tertiary/aromatic N) is 4. The van der Waals surface area contributed by atoms with Gasteiger partial charge in [-0.1, -0.05) is 11.3 Å². The number of hydrogen-bond acceptors (Lipinski definition) is 5. The summed E-state index contributed by atoms with van der Waals surface area (Å²) < 4.78 is 7.69. The highest BCUT2D eigenvalue weighted by Crippen LogP contribution is 2.28. The van der Waals surface area contributed by atoms with Crippen LogP contribution < -0.4 is 4.90 Å². The summed E-state index contributed by atoms with van der Waals surface area (Å²) in [5, 5.41) is 18.4. The van der Waals surface area contributed by atoms with Crippen molar-refractivity contribution in [2.45, 2.75) is 51.4 Å². The molecule has 0 bridgehead atoms. The van der Waals surface area contributed by atoms with E-state index in [1.807, 2.05) is 10.9 Å². The van der Waals surface area contributed by atoms with E-state index in [0.29, 0.717) is 0 Å². The molecule has 4 rings (SSSR count). The van der Waals surface area contributed by atoms with Crippen molar-refractivity contribution in [2.24, 2.45) is 0 Å². The standard InChI is InChI=1S/C19H26N4O2/c1-14-10-15(22-8-7-16(24)11-22)5-6-18(14)19-13-23(21-20-19)12-17-4-2-3-9-25-17/h5-6,10,13,16-17,24H,2-4,7-9,11-12H2,1H3. The van der Waals surface area contributed by atoms with Gasteiger partial charge in [-0.2, -0.15) is 0 Å². The first-order valence-electron chi connectivity index (χ1n) is 9.25. The average molecular weight is 342 g/mol. The van der Waals surface area contributed by atoms with Crippen LogP contribution in [0.25, 0.3) is 11.3 Å². The van der Waals surface area contributed by atoms with Gasteiger partial charge in [0.2, 0.25) is 0 Å². The van der Waals surface area contributed by atoms with Crippen molar-refractivity contribution in [2.75, 3.05) is 24.6 Å². The fourth-order valence-electron chi connectivity index (χ4n) is 3.78. The van der Waals surface area contributed by atoms with Crippen molar-refractivity contribution in [3.05, 3.63) is 30.0 Å². The number of benzene rings is 1. The lowest BCUT2D eigenvalue weighted by molar-refractivity contribution is 0.00370. The molecule has 1 N–H and O–H groups in total. The third-order valence-corrected chi connectivity index (χ3v) is 5.22. The molecule has 2 atom stereocenters. The third-order valence-electron chi connectivity index (χ3n) is 5.22. The van der Waals surface area contributed by atoms with Crippen LogP contribution in [0.4, 0.5) is 5.69 Å². The molecular weight excluding hydrogens is 316 g/mol. The summed E-state index contributed by atoms with van der Waals surface area (Å²) in [7, 11) is 0. The molecule has 0 aliphatic carbocycles. The Labute approximate surface area is 148 Å². The summed E-state index contributed by atoms with van der Waals surface area (Å²) in [6.45, 7) is 5.37. The lowest BCUT2D eigenvalue weighted by Crippen LogP contribution is -2.24. The first-order valence-corrected chi connectivity index (χ1v) is 9.25. The second-order valence-electron chi connectivity index (χ2n) is 7.20. The van der Waals surface area contributed by atoms with Crippen molar-refractivity contribution in [3.63, 3.8) is 0 Å². The van der Waals surface area contributed by atoms with Gasteiger partial charge in [0, 0.05) is 30.9 Å². The molecule has 2 aliphatic rings. The number of hydrogen-bond donors (Lipinski definition) is 1. The molecule has 1 aromatic heterocycles. The Morgan fingerprint density at radius 3 is 2.92 bits per heavy atom. The van der Waals surface area contributed by atoms with E-state index in [1.54, 1.807) is 0 Å². The first-order chi connectivity index (χ1) is 12.2. The Kier molecular flexibility index (Phi) is 4.72. The van der Waals surface area contributed by atoms with Gasteiger partial charge in [0.1, 0.15) is 5.69 Å². The predicted octanol–water partition coefficient (Wildman–Crippen LogP) is 2.39. The summed E-state index contributed by atoms with van der Waals surface area (Å²) in [4.78, 5) is 2.23. The zero-order chi connectivity index (χ0) is 17.2. The number of aliphatic hydroxyl groups is 1. The molecule has 0 amide bonds. The second kappa shape index (κ2) is 7.14. The van der Waals surface area contributed by atoms with E-state index in [9.17, 15) is 5.11 Å². The van der Waals surface area contributed by atoms with Gasteiger partial charge in [0.05, 0.1) is 24.9 Å². The number of aliphatic hydroxyl groups excluding tert-OH is 1. The minimum Gasteiger partial charge on any atom is -0.391 e. The topological polar surface area (TPSA) is 63.4 Å². The van der Waals surface area contributed by atoms with Crippen LogP contribution in [0.15, 0.2) is 24.4 Å². The Morgan fingerprint density at radius 2 is 2.20 bits per heavy atom. The zero-order valence-corrected chi connectivity index (χ0v) is 14.8. The van der Waals surface area contributed by atoms with Gasteiger partial charge in [-0.25, -0.2) is 4.68 Å². The van der Waals surface area contributed by atoms with Gasteiger partial charge in [-0.15, -0.1) is 5.10 Å². The zero-order valence-electron chi connectivity index (χ0n) is 14.8. The molecule has 6 heteroatoms. The molecule has 2 fully saturated rings. The highest BCUT2D eigenvalue weighted by molar-refractivity contribution is 5.67. The van der Waals surface area contributed by atoms with E-state index < -0.39 is 0 Å². The number of aryl methyl sites for hydroxylation is 1. The van der Waals surface area contributed by atoms with Crippen molar-refractivity contribution in [1.29, 1.82) is 0 Å². The Bertz CT molecular complexity index is 724. The van der Waals surface area contributed by atoms with Crippen LogP contribution in [-0.4, -0.2) is 52.0 Å². The number of aromatic nitrogens is 3. The fraction of sp³-hybridized carbons (Fsp3) is 0.579. The number of anilines is 1. The SMILES string of the molecule is Cc1cc(N2CCC(O)C2)ccc1-c1cn(CC2CCCCO2)nn1. The molecule has 0 radical (unpaired) electrons. The Balaban J connectivity index is 1.48. The molecular formula is C19H26N4O2. The van der Waals surface area contributed by atoms with Crippen LogP contribution in [0.3, 0.4) is 0 Å². The quantitative estimate of drug-likeness (QED) is 0.924. The molecule has 6 nitrogen and oxygen atoms in total. The van der Waals surface area contributed by atoms with Crippen LogP contribution in [0.5, 0.6) is 0 Å². The molecule has 1 aromatic carbocycles. The number of rotatable bonds is 4. The van der Waals surface area contributed by atoms with Crippen LogP contribution in [0.2, 0.25) is 0 Å². The van der Waals surface area contributed by atoms with Crippen molar-refractivity contribution < 1.29 is 9.84 Å². The van der Waals surface area contributed by atoms with Crippen LogP contribution in [-0.2, 0) is 11.3 Å². The summed E-state index contributed by atoms with van der Waals surface area (Å²) in [5.74, 6) is 0. The smallest absolute Gasteiger partial charge is 0.113 e. The first kappa shape index (κ1) is 16.5. The van der Waals surface area contributed by atoms with Crippen LogP contribution >= 0.6 is 0 Å². The van der Waals surface area contributed by atoms with Gasteiger partial charge < -0.3 is 14.7 Å². The summed E-state index contributed by atoms with van der Waals surface area (Å²) in [6.07, 6.45) is 6.41. The molecule has 2 unspecified atom stereocenters. The van der Waals surface area contributed by atoms with Crippen LogP contribution in [0, 0.1) is 6.92 Å². The van der Waals surface area contributed by atoms with E-state index in [0.717, 1.165) is 50.3 Å². The van der Waals surface area contributed by atoms with E-state index in [1.165, 1.54) is 24.1 Å². The van der Waals surface area contributed by atoms with Gasteiger partial charge in [0.25, 0.3) is 0 Å². The second-order valence-corrected chi connectivity index (χ2v) is 7.20. The molecule has 0 saturated carbocycles. The van der Waals surface area contributed by atoms with Gasteiger partial charge in [-0.05, 0) is 50.3 Å². The Hall–Kier alpha value is -1.92. The largest absolute Gasteiger partial charge is 0.391 e.